The molecule has 5 aromatic rings. The van der Waals surface area contributed by atoms with Gasteiger partial charge in [-0.05, 0) is 48.0 Å². The number of aliphatic imine (C=N–C) groups is 1. The van der Waals surface area contributed by atoms with Gasteiger partial charge in [-0.25, -0.2) is 9.50 Å². The van der Waals surface area contributed by atoms with Gasteiger partial charge in [0.15, 0.2) is 11.5 Å². The highest BCUT2D eigenvalue weighted by Crippen LogP contribution is 2.37. The van der Waals surface area contributed by atoms with E-state index in [-0.39, 0.29) is 5.78 Å². The molecular formula is C29H26N4O5S. The van der Waals surface area contributed by atoms with Gasteiger partial charge in [0.25, 0.3) is 5.19 Å². The second kappa shape index (κ2) is 10.0. The molecular weight excluding hydrogens is 516 g/mol. The second-order valence-electron chi connectivity index (χ2n) is 9.34. The Morgan fingerprint density at radius 3 is 2.69 bits per heavy atom. The van der Waals surface area contributed by atoms with Crippen LogP contribution in [-0.2, 0) is 17.8 Å². The van der Waals surface area contributed by atoms with Crippen LogP contribution in [0, 0.1) is 0 Å². The lowest BCUT2D eigenvalue weighted by Crippen LogP contribution is -2.12. The van der Waals surface area contributed by atoms with Crippen molar-refractivity contribution in [3.05, 3.63) is 70.9 Å². The van der Waals surface area contributed by atoms with Gasteiger partial charge >= 0.3 is 0 Å². The number of imidazole rings is 1. The number of aromatic nitrogens is 3. The molecule has 0 atom stereocenters. The first kappa shape index (κ1) is 24.9. The van der Waals surface area contributed by atoms with Crippen molar-refractivity contribution in [2.24, 2.45) is 4.99 Å². The number of carbonyl (C=O) groups excluding carboxylic acids is 1. The van der Waals surface area contributed by atoms with Crippen molar-refractivity contribution >= 4 is 38.8 Å². The molecule has 1 aliphatic rings. The molecule has 0 saturated heterocycles. The predicted molar refractivity (Wildman–Crippen MR) is 149 cm³/mol. The van der Waals surface area contributed by atoms with Gasteiger partial charge in [-0.15, -0.1) is 5.10 Å². The third kappa shape index (κ3) is 4.79. The number of methoxy groups -OCH3 is 2. The highest BCUT2D eigenvalue weighted by atomic mass is 32.1. The van der Waals surface area contributed by atoms with E-state index in [2.05, 4.69) is 15.1 Å². The Bertz CT molecular complexity index is 1760. The summed E-state index contributed by atoms with van der Waals surface area (Å²) in [5, 5.41) is 5.67. The summed E-state index contributed by atoms with van der Waals surface area (Å²) in [5.41, 5.74) is 5.79. The molecule has 0 bridgehead atoms. The number of Topliss-reactive ketones (excluding diaryl/α,β-unsaturated/α-hetero) is 1. The Hall–Kier alpha value is -4.44. The normalized spacial score (nSPS) is 13.4. The molecule has 0 radical (unpaired) electrons. The fraction of sp³-hybridized carbons (Fsp3) is 0.241. The van der Waals surface area contributed by atoms with Crippen LogP contribution in [0.15, 0.2) is 69.2 Å². The van der Waals surface area contributed by atoms with Crippen LogP contribution in [0.3, 0.4) is 0 Å². The van der Waals surface area contributed by atoms with E-state index in [9.17, 15) is 4.79 Å². The van der Waals surface area contributed by atoms with Crippen LogP contribution in [0.5, 0.6) is 16.7 Å². The molecule has 198 valence electrons. The molecule has 0 saturated carbocycles. The Kier molecular flexibility index (Phi) is 6.40. The van der Waals surface area contributed by atoms with Crippen LogP contribution in [0.25, 0.3) is 27.4 Å². The first-order chi connectivity index (χ1) is 18.9. The Balaban J connectivity index is 1.24. The molecule has 0 N–H and O–H groups in total. The summed E-state index contributed by atoms with van der Waals surface area (Å²) in [7, 11) is 3.18. The molecule has 39 heavy (non-hydrogen) atoms. The second-order valence-corrected chi connectivity index (χ2v) is 10.3. The van der Waals surface area contributed by atoms with Crippen LogP contribution in [-0.4, -0.2) is 46.9 Å². The Morgan fingerprint density at radius 1 is 1.10 bits per heavy atom. The number of furan rings is 1. The maximum absolute atomic E-state index is 12.9. The fourth-order valence-corrected chi connectivity index (χ4v) is 5.44. The van der Waals surface area contributed by atoms with Gasteiger partial charge in [0.1, 0.15) is 29.4 Å². The fourth-order valence-electron chi connectivity index (χ4n) is 4.74. The molecule has 10 heteroatoms. The van der Waals surface area contributed by atoms with Crippen LogP contribution < -0.4 is 14.2 Å². The number of ether oxygens (including phenoxy) is 3. The van der Waals surface area contributed by atoms with Gasteiger partial charge in [0.05, 0.1) is 32.3 Å². The summed E-state index contributed by atoms with van der Waals surface area (Å²) in [4.78, 5) is 22.6. The van der Waals surface area contributed by atoms with Crippen molar-refractivity contribution in [3.63, 3.8) is 0 Å². The highest BCUT2D eigenvalue weighted by Gasteiger charge is 2.21. The lowest BCUT2D eigenvalue weighted by molar-refractivity contribution is -0.114. The summed E-state index contributed by atoms with van der Waals surface area (Å²) >= 11 is 1.35. The largest absolute Gasteiger partial charge is 0.496 e. The summed E-state index contributed by atoms with van der Waals surface area (Å²) < 4.78 is 24.7. The smallest absolute Gasteiger partial charge is 0.294 e. The number of fused-ring (bicyclic) bond motifs is 2. The van der Waals surface area contributed by atoms with Crippen molar-refractivity contribution in [1.29, 1.82) is 0 Å². The zero-order valence-electron chi connectivity index (χ0n) is 22.0. The summed E-state index contributed by atoms with van der Waals surface area (Å²) in [6, 6.07) is 13.5. The number of nitrogens with zero attached hydrogens (tertiary/aromatic N) is 4. The lowest BCUT2D eigenvalue weighted by atomic mass is 9.97. The van der Waals surface area contributed by atoms with E-state index in [1.807, 2.05) is 56.3 Å². The van der Waals surface area contributed by atoms with Gasteiger partial charge in [-0.2, -0.15) is 0 Å². The van der Waals surface area contributed by atoms with E-state index in [4.69, 9.17) is 18.6 Å². The zero-order chi connectivity index (χ0) is 27.1. The molecule has 6 rings (SSSR count). The number of allylic oxidation sites excluding steroid dienone is 1. The third-order valence-electron chi connectivity index (χ3n) is 6.63. The van der Waals surface area contributed by atoms with E-state index >= 15 is 0 Å². The lowest BCUT2D eigenvalue weighted by Gasteiger charge is -2.10. The van der Waals surface area contributed by atoms with Crippen molar-refractivity contribution in [3.8, 4) is 28.1 Å². The summed E-state index contributed by atoms with van der Waals surface area (Å²) in [6.45, 7) is 4.79. The molecule has 0 fully saturated rings. The van der Waals surface area contributed by atoms with Crippen LogP contribution in [0.4, 0.5) is 0 Å². The summed E-state index contributed by atoms with van der Waals surface area (Å²) in [5.74, 6) is 1.93. The minimum absolute atomic E-state index is 0.0949. The Labute approximate surface area is 228 Å². The molecule has 2 aromatic carbocycles. The average Bonchev–Trinajstić information content (AvgIpc) is 3.69. The predicted octanol–water partition coefficient (Wildman–Crippen LogP) is 5.70. The van der Waals surface area contributed by atoms with Gasteiger partial charge < -0.3 is 18.6 Å². The molecule has 0 unspecified atom stereocenters. The number of benzene rings is 2. The molecule has 3 aromatic heterocycles. The first-order valence-corrected chi connectivity index (χ1v) is 13.2. The topological polar surface area (TPSA) is 100 Å². The average molecular weight is 543 g/mol. The number of ketones is 1. The number of rotatable bonds is 9. The third-order valence-corrected chi connectivity index (χ3v) is 7.52. The first-order valence-electron chi connectivity index (χ1n) is 12.4. The SMILES string of the molecule is COc1cc(OCc2cccc(CC(=O)C3=C(C)CN=C3C)c2)c2cc(-c3cn4nc(OC)sc4n3)oc2c1. The molecule has 4 heterocycles. The van der Waals surface area contributed by atoms with Crippen LogP contribution in [0.1, 0.15) is 25.0 Å². The van der Waals surface area contributed by atoms with Gasteiger partial charge in [0.2, 0.25) is 4.96 Å². The monoisotopic (exact) mass is 542 g/mol. The molecule has 0 spiro atoms. The highest BCUT2D eigenvalue weighted by molar-refractivity contribution is 7.18. The van der Waals surface area contributed by atoms with Crippen LogP contribution >= 0.6 is 11.3 Å². The van der Waals surface area contributed by atoms with E-state index in [1.54, 1.807) is 24.9 Å². The molecule has 9 nitrogen and oxygen atoms in total. The van der Waals surface area contributed by atoms with E-state index in [0.29, 0.717) is 58.3 Å². The maximum Gasteiger partial charge on any atom is 0.294 e. The van der Waals surface area contributed by atoms with E-state index < -0.39 is 0 Å². The molecule has 0 aliphatic carbocycles. The van der Waals surface area contributed by atoms with Crippen molar-refractivity contribution < 1.29 is 23.4 Å². The van der Waals surface area contributed by atoms with Gasteiger partial charge in [-0.3, -0.25) is 9.79 Å². The van der Waals surface area contributed by atoms with Crippen LogP contribution in [0.2, 0.25) is 0 Å². The maximum atomic E-state index is 12.9. The number of hydrogen-bond donors (Lipinski definition) is 0. The van der Waals surface area contributed by atoms with Crippen molar-refractivity contribution in [1.82, 2.24) is 14.6 Å². The quantitative estimate of drug-likeness (QED) is 0.235. The van der Waals surface area contributed by atoms with Crippen molar-refractivity contribution in [2.45, 2.75) is 26.9 Å². The summed E-state index contributed by atoms with van der Waals surface area (Å²) in [6.07, 6.45) is 2.12. The van der Waals surface area contributed by atoms with Crippen molar-refractivity contribution in [2.75, 3.05) is 20.8 Å². The van der Waals surface area contributed by atoms with E-state index in [0.717, 1.165) is 33.4 Å². The Morgan fingerprint density at radius 2 is 1.95 bits per heavy atom. The molecule has 1 aliphatic heterocycles. The minimum atomic E-state index is 0.0949. The minimum Gasteiger partial charge on any atom is -0.496 e. The number of hydrogen-bond acceptors (Lipinski definition) is 9. The molecule has 0 amide bonds. The number of carbonyl (C=O) groups is 1. The van der Waals surface area contributed by atoms with Gasteiger partial charge in [-0.1, -0.05) is 24.3 Å². The zero-order valence-corrected chi connectivity index (χ0v) is 22.8. The standard InChI is InChI=1S/C29H26N4O5S/c1-16-13-30-17(2)27(16)23(34)9-18-6-5-7-19(8-18)15-37-24-10-20(35-3)11-25-21(24)12-26(38-25)22-14-33-28(31-22)39-29(32-33)36-4/h5-8,10-12,14H,9,13,15H2,1-4H3. The van der Waals surface area contributed by atoms with E-state index in [1.165, 1.54) is 11.3 Å². The van der Waals surface area contributed by atoms with Gasteiger partial charge in [0, 0.05) is 29.8 Å².